The van der Waals surface area contributed by atoms with Crippen LogP contribution < -0.4 is 5.32 Å². The van der Waals surface area contributed by atoms with Gasteiger partial charge in [-0.1, -0.05) is 25.4 Å². The van der Waals surface area contributed by atoms with Crippen LogP contribution in [0, 0.1) is 21.4 Å². The van der Waals surface area contributed by atoms with E-state index >= 15 is 0 Å². The first-order chi connectivity index (χ1) is 13.5. The fourth-order valence-electron chi connectivity index (χ4n) is 3.69. The summed E-state index contributed by atoms with van der Waals surface area (Å²) in [5.74, 6) is -0.366. The third kappa shape index (κ3) is 6.40. The molecule has 160 valence electrons. The Morgan fingerprint density at radius 3 is 2.45 bits per heavy atom. The number of nitrogens with zero attached hydrogens (tertiary/aromatic N) is 3. The molecule has 0 atom stereocenters. The van der Waals surface area contributed by atoms with E-state index in [2.05, 4.69) is 24.1 Å². The van der Waals surface area contributed by atoms with Crippen LogP contribution in [0.3, 0.4) is 0 Å². The molecule has 29 heavy (non-hydrogen) atoms. The summed E-state index contributed by atoms with van der Waals surface area (Å²) in [7, 11) is 4.01. The predicted molar refractivity (Wildman–Crippen MR) is 112 cm³/mol. The second-order valence-corrected chi connectivity index (χ2v) is 9.01. The number of non-ortho nitro benzene ring substituents is 1. The summed E-state index contributed by atoms with van der Waals surface area (Å²) in [6.07, 6.45) is 1.16. The smallest absolute Gasteiger partial charge is 0.270 e. The standard InChI is InChI=1S/C20H29ClN4O4/c1-20(2,13-23(3)4)12-22-18(26)14-7-9-24(10-8-14)19(27)16-6-5-15(25(28)29)11-17(16)21/h5-6,11,14H,7-10,12-13H2,1-4H3,(H,22,26). The molecule has 1 heterocycles. The number of hydrogen-bond donors (Lipinski definition) is 1. The molecule has 1 aliphatic heterocycles. The molecular weight excluding hydrogens is 396 g/mol. The molecule has 1 fully saturated rings. The molecule has 0 radical (unpaired) electrons. The van der Waals surface area contributed by atoms with Crippen LogP contribution in [0.5, 0.6) is 0 Å². The minimum Gasteiger partial charge on any atom is -0.355 e. The Morgan fingerprint density at radius 2 is 1.93 bits per heavy atom. The van der Waals surface area contributed by atoms with Gasteiger partial charge in [0.1, 0.15) is 0 Å². The van der Waals surface area contributed by atoms with E-state index in [9.17, 15) is 19.7 Å². The van der Waals surface area contributed by atoms with E-state index in [1.165, 1.54) is 18.2 Å². The third-order valence-electron chi connectivity index (χ3n) is 5.03. The van der Waals surface area contributed by atoms with Gasteiger partial charge in [-0.05, 0) is 38.4 Å². The minimum atomic E-state index is -0.552. The van der Waals surface area contributed by atoms with E-state index in [-0.39, 0.29) is 39.4 Å². The summed E-state index contributed by atoms with van der Waals surface area (Å²) in [5.41, 5.74) is 0.0624. The molecule has 0 spiro atoms. The number of likely N-dealkylation sites (tertiary alicyclic amines) is 1. The largest absolute Gasteiger partial charge is 0.355 e. The Morgan fingerprint density at radius 1 is 1.31 bits per heavy atom. The molecule has 1 aromatic rings. The summed E-state index contributed by atoms with van der Waals surface area (Å²) in [6.45, 7) is 6.60. The molecular formula is C20H29ClN4O4. The topological polar surface area (TPSA) is 95.8 Å². The lowest BCUT2D eigenvalue weighted by Crippen LogP contribution is -2.46. The Labute approximate surface area is 176 Å². The fourth-order valence-corrected chi connectivity index (χ4v) is 3.94. The number of piperidine rings is 1. The van der Waals surface area contributed by atoms with Crippen LogP contribution in [0.1, 0.15) is 37.0 Å². The maximum atomic E-state index is 12.7. The highest BCUT2D eigenvalue weighted by Crippen LogP contribution is 2.26. The highest BCUT2D eigenvalue weighted by molar-refractivity contribution is 6.34. The average molecular weight is 425 g/mol. The van der Waals surface area contributed by atoms with Crippen molar-refractivity contribution in [3.8, 4) is 0 Å². The zero-order valence-electron chi connectivity index (χ0n) is 17.4. The van der Waals surface area contributed by atoms with E-state index in [4.69, 9.17) is 11.6 Å². The van der Waals surface area contributed by atoms with Gasteiger partial charge in [0.25, 0.3) is 11.6 Å². The van der Waals surface area contributed by atoms with Crippen molar-refractivity contribution in [2.24, 2.45) is 11.3 Å². The van der Waals surface area contributed by atoms with Crippen LogP contribution in [0.2, 0.25) is 5.02 Å². The van der Waals surface area contributed by atoms with Crippen molar-refractivity contribution in [2.75, 3.05) is 40.3 Å². The van der Waals surface area contributed by atoms with E-state index < -0.39 is 4.92 Å². The van der Waals surface area contributed by atoms with Gasteiger partial charge in [0.2, 0.25) is 5.91 Å². The van der Waals surface area contributed by atoms with Gasteiger partial charge >= 0.3 is 0 Å². The van der Waals surface area contributed by atoms with E-state index in [1.807, 2.05) is 14.1 Å². The summed E-state index contributed by atoms with van der Waals surface area (Å²) < 4.78 is 0. The van der Waals surface area contributed by atoms with Crippen molar-refractivity contribution in [3.63, 3.8) is 0 Å². The molecule has 9 heteroatoms. The summed E-state index contributed by atoms with van der Waals surface area (Å²) in [4.78, 5) is 39.2. The number of nitro groups is 1. The maximum Gasteiger partial charge on any atom is 0.270 e. The lowest BCUT2D eigenvalue weighted by atomic mass is 9.91. The van der Waals surface area contributed by atoms with Gasteiger partial charge in [0.15, 0.2) is 0 Å². The Hall–Kier alpha value is -2.19. The van der Waals surface area contributed by atoms with Crippen molar-refractivity contribution in [1.82, 2.24) is 15.1 Å². The zero-order chi connectivity index (χ0) is 21.8. The molecule has 0 saturated carbocycles. The van der Waals surface area contributed by atoms with Gasteiger partial charge in [-0.25, -0.2) is 0 Å². The van der Waals surface area contributed by atoms with Gasteiger partial charge in [-0.15, -0.1) is 0 Å². The highest BCUT2D eigenvalue weighted by Gasteiger charge is 2.30. The predicted octanol–water partition coefficient (Wildman–Crippen LogP) is 2.80. The fraction of sp³-hybridized carbons (Fsp3) is 0.600. The Bertz CT molecular complexity index is 774. The first-order valence-corrected chi connectivity index (χ1v) is 10.0. The van der Waals surface area contributed by atoms with Crippen molar-refractivity contribution in [2.45, 2.75) is 26.7 Å². The number of amides is 2. The van der Waals surface area contributed by atoms with E-state index in [1.54, 1.807) is 4.90 Å². The SMILES string of the molecule is CN(C)CC(C)(C)CNC(=O)C1CCN(C(=O)c2ccc([N+](=O)[O-])cc2Cl)CC1. The molecule has 0 aliphatic carbocycles. The Balaban J connectivity index is 1.89. The van der Waals surface area contributed by atoms with Crippen molar-refractivity contribution in [1.29, 1.82) is 0 Å². The number of carbonyl (C=O) groups excluding carboxylic acids is 2. The van der Waals surface area contributed by atoms with Crippen molar-refractivity contribution < 1.29 is 14.5 Å². The normalized spacial score (nSPS) is 15.4. The Kier molecular flexibility index (Phi) is 7.60. The van der Waals surface area contributed by atoms with Crippen LogP contribution in [-0.2, 0) is 4.79 Å². The quantitative estimate of drug-likeness (QED) is 0.536. The van der Waals surface area contributed by atoms with Gasteiger partial charge in [-0.2, -0.15) is 0 Å². The van der Waals surface area contributed by atoms with Gasteiger partial charge in [0, 0.05) is 44.2 Å². The maximum absolute atomic E-state index is 12.7. The molecule has 2 rings (SSSR count). The minimum absolute atomic E-state index is 0.0253. The average Bonchev–Trinajstić information content (AvgIpc) is 2.64. The molecule has 1 N–H and O–H groups in total. The molecule has 8 nitrogen and oxygen atoms in total. The summed E-state index contributed by atoms with van der Waals surface area (Å²) in [5, 5.41) is 13.9. The van der Waals surface area contributed by atoms with Crippen LogP contribution in [0.25, 0.3) is 0 Å². The molecule has 1 saturated heterocycles. The second kappa shape index (κ2) is 9.54. The monoisotopic (exact) mass is 424 g/mol. The molecule has 0 aromatic heterocycles. The van der Waals surface area contributed by atoms with E-state index in [0.29, 0.717) is 32.5 Å². The molecule has 2 amide bonds. The number of hydrogen-bond acceptors (Lipinski definition) is 5. The summed E-state index contributed by atoms with van der Waals surface area (Å²) >= 11 is 6.07. The van der Waals surface area contributed by atoms with Crippen molar-refractivity contribution >= 4 is 29.1 Å². The second-order valence-electron chi connectivity index (χ2n) is 8.61. The lowest BCUT2D eigenvalue weighted by molar-refractivity contribution is -0.384. The number of nitrogens with one attached hydrogen (secondary N) is 1. The molecule has 0 bridgehead atoms. The number of nitro benzene ring substituents is 1. The van der Waals surface area contributed by atoms with E-state index in [0.717, 1.165) is 6.54 Å². The summed E-state index contributed by atoms with van der Waals surface area (Å²) in [6, 6.07) is 3.84. The molecule has 0 unspecified atom stereocenters. The van der Waals surface area contributed by atoms with Crippen molar-refractivity contribution in [3.05, 3.63) is 38.9 Å². The van der Waals surface area contributed by atoms with Crippen LogP contribution in [0.15, 0.2) is 18.2 Å². The molecule has 1 aromatic carbocycles. The van der Waals surface area contributed by atoms with Crippen LogP contribution >= 0.6 is 11.6 Å². The zero-order valence-corrected chi connectivity index (χ0v) is 18.2. The molecule has 1 aliphatic rings. The van der Waals surface area contributed by atoms with Gasteiger partial charge in [0.05, 0.1) is 15.5 Å². The number of carbonyl (C=O) groups is 2. The van der Waals surface area contributed by atoms with Crippen LogP contribution in [0.4, 0.5) is 5.69 Å². The number of benzene rings is 1. The first kappa shape index (κ1) is 23.1. The first-order valence-electron chi connectivity index (χ1n) is 9.66. The number of halogens is 1. The lowest BCUT2D eigenvalue weighted by Gasteiger charge is -2.33. The number of rotatable bonds is 7. The highest BCUT2D eigenvalue weighted by atomic mass is 35.5. The third-order valence-corrected chi connectivity index (χ3v) is 5.34. The van der Waals surface area contributed by atoms with Gasteiger partial charge in [-0.3, -0.25) is 19.7 Å². The van der Waals surface area contributed by atoms with Gasteiger partial charge < -0.3 is 15.1 Å². The van der Waals surface area contributed by atoms with Crippen LogP contribution in [-0.4, -0.2) is 66.8 Å².